The average Bonchev–Trinajstić information content (AvgIpc) is 2.62. The molecule has 0 radical (unpaired) electrons. The van der Waals surface area contributed by atoms with Gasteiger partial charge in [0, 0.05) is 37.5 Å². The predicted octanol–water partition coefficient (Wildman–Crippen LogP) is 2.44. The molecule has 0 spiro atoms. The Morgan fingerprint density at radius 3 is 2.26 bits per heavy atom. The highest BCUT2D eigenvalue weighted by atomic mass is 16.3. The second-order valence-electron chi connectivity index (χ2n) is 6.05. The summed E-state index contributed by atoms with van der Waals surface area (Å²) >= 11 is 0. The van der Waals surface area contributed by atoms with Gasteiger partial charge in [0.1, 0.15) is 17.2 Å². The average molecular weight is 365 g/mol. The molecule has 5 N–H and O–H groups in total. The summed E-state index contributed by atoms with van der Waals surface area (Å²) in [7, 11) is 3.49. The van der Waals surface area contributed by atoms with Crippen molar-refractivity contribution in [1.29, 1.82) is 0 Å². The molecule has 0 aliphatic heterocycles. The standard InChI is InChI=1S/C19H19N5O3/c1-24(2)18(20)23-19-21-10-15(11-3-5-12(25)6-4-11)17(22-19)14-8-7-13(26)9-16(14)27/h3-10,25-27H,1-2H3,(H2,20,21,22,23). The third-order valence-corrected chi connectivity index (χ3v) is 3.86. The Hall–Kier alpha value is -3.81. The Bertz CT molecular complexity index is 1000. The summed E-state index contributed by atoms with van der Waals surface area (Å²) in [5, 5.41) is 29.4. The van der Waals surface area contributed by atoms with Crippen molar-refractivity contribution >= 4 is 11.9 Å². The fourth-order valence-electron chi connectivity index (χ4n) is 2.41. The summed E-state index contributed by atoms with van der Waals surface area (Å²) in [5.74, 6) is 0.295. The van der Waals surface area contributed by atoms with Crippen LogP contribution in [0.1, 0.15) is 0 Å². The third-order valence-electron chi connectivity index (χ3n) is 3.86. The van der Waals surface area contributed by atoms with E-state index < -0.39 is 0 Å². The van der Waals surface area contributed by atoms with Crippen molar-refractivity contribution in [3.05, 3.63) is 48.7 Å². The topological polar surface area (TPSA) is 128 Å². The molecule has 1 heterocycles. The first kappa shape index (κ1) is 18.0. The van der Waals surface area contributed by atoms with Crippen LogP contribution in [-0.2, 0) is 0 Å². The van der Waals surface area contributed by atoms with Gasteiger partial charge in [0.2, 0.25) is 0 Å². The van der Waals surface area contributed by atoms with Gasteiger partial charge < -0.3 is 26.0 Å². The second kappa shape index (κ2) is 7.20. The van der Waals surface area contributed by atoms with E-state index in [1.165, 1.54) is 12.1 Å². The minimum atomic E-state index is -0.135. The fraction of sp³-hybridized carbons (Fsp3) is 0.105. The fourth-order valence-corrected chi connectivity index (χ4v) is 2.41. The number of phenols is 3. The van der Waals surface area contributed by atoms with Gasteiger partial charge in [-0.3, -0.25) is 0 Å². The molecule has 0 saturated heterocycles. The molecule has 138 valence electrons. The zero-order valence-corrected chi connectivity index (χ0v) is 14.8. The van der Waals surface area contributed by atoms with Crippen LogP contribution >= 0.6 is 0 Å². The highest BCUT2D eigenvalue weighted by molar-refractivity contribution is 5.85. The molecule has 0 aliphatic carbocycles. The summed E-state index contributed by atoms with van der Waals surface area (Å²) in [5.41, 5.74) is 8.02. The lowest BCUT2D eigenvalue weighted by atomic mass is 10.00. The van der Waals surface area contributed by atoms with Gasteiger partial charge in [0.25, 0.3) is 5.95 Å². The molecular weight excluding hydrogens is 346 g/mol. The van der Waals surface area contributed by atoms with Crippen molar-refractivity contribution in [3.63, 3.8) is 0 Å². The van der Waals surface area contributed by atoms with Gasteiger partial charge in [-0.2, -0.15) is 4.99 Å². The van der Waals surface area contributed by atoms with E-state index in [1.54, 1.807) is 55.5 Å². The first-order valence-electron chi connectivity index (χ1n) is 8.05. The highest BCUT2D eigenvalue weighted by Gasteiger charge is 2.16. The lowest BCUT2D eigenvalue weighted by Gasteiger charge is -2.13. The molecule has 8 nitrogen and oxygen atoms in total. The lowest BCUT2D eigenvalue weighted by Crippen LogP contribution is -2.30. The number of hydrogen-bond acceptors (Lipinski definition) is 6. The van der Waals surface area contributed by atoms with E-state index in [1.807, 2.05) is 0 Å². The molecule has 1 aromatic heterocycles. The normalized spacial score (nSPS) is 11.4. The summed E-state index contributed by atoms with van der Waals surface area (Å²) in [4.78, 5) is 14.5. The monoisotopic (exact) mass is 365 g/mol. The maximum Gasteiger partial charge on any atom is 0.253 e. The van der Waals surface area contributed by atoms with Crippen LogP contribution in [0.15, 0.2) is 53.7 Å². The quantitative estimate of drug-likeness (QED) is 0.414. The van der Waals surface area contributed by atoms with E-state index in [4.69, 9.17) is 5.73 Å². The van der Waals surface area contributed by atoms with Gasteiger partial charge in [0.15, 0.2) is 5.96 Å². The molecule has 0 fully saturated rings. The number of nitrogens with zero attached hydrogens (tertiary/aromatic N) is 4. The molecule has 3 rings (SSSR count). The van der Waals surface area contributed by atoms with Crippen molar-refractivity contribution < 1.29 is 15.3 Å². The summed E-state index contributed by atoms with van der Waals surface area (Å²) in [6.07, 6.45) is 1.57. The van der Waals surface area contributed by atoms with E-state index in [0.717, 1.165) is 5.56 Å². The van der Waals surface area contributed by atoms with Crippen molar-refractivity contribution in [2.75, 3.05) is 14.1 Å². The number of aromatic hydroxyl groups is 3. The molecule has 8 heteroatoms. The van der Waals surface area contributed by atoms with Gasteiger partial charge in [0.05, 0.1) is 5.69 Å². The van der Waals surface area contributed by atoms with Crippen molar-refractivity contribution in [3.8, 4) is 39.6 Å². The minimum absolute atomic E-state index is 0.0633. The molecule has 0 saturated carbocycles. The number of phenolic OH excluding ortho intramolecular Hbond substituents is 3. The Labute approximate surface area is 155 Å². The molecule has 3 aromatic rings. The largest absolute Gasteiger partial charge is 0.508 e. The summed E-state index contributed by atoms with van der Waals surface area (Å²) in [6.45, 7) is 0. The molecule has 0 atom stereocenters. The highest BCUT2D eigenvalue weighted by Crippen LogP contribution is 2.37. The molecule has 0 bridgehead atoms. The van der Waals surface area contributed by atoms with Crippen LogP contribution in [0.25, 0.3) is 22.4 Å². The van der Waals surface area contributed by atoms with Crippen molar-refractivity contribution in [1.82, 2.24) is 14.9 Å². The zero-order valence-electron chi connectivity index (χ0n) is 14.8. The Morgan fingerprint density at radius 1 is 0.963 bits per heavy atom. The molecular formula is C19H19N5O3. The molecule has 27 heavy (non-hydrogen) atoms. The van der Waals surface area contributed by atoms with Crippen LogP contribution in [0.3, 0.4) is 0 Å². The van der Waals surface area contributed by atoms with Crippen molar-refractivity contribution in [2.24, 2.45) is 10.7 Å². The number of nitrogens with two attached hydrogens (primary N) is 1. The number of benzene rings is 2. The van der Waals surface area contributed by atoms with Gasteiger partial charge in [-0.1, -0.05) is 12.1 Å². The van der Waals surface area contributed by atoms with Gasteiger partial charge in [-0.25, -0.2) is 9.97 Å². The van der Waals surface area contributed by atoms with Crippen LogP contribution < -0.4 is 5.73 Å². The number of aliphatic imine (C=N–C) groups is 1. The number of aromatic nitrogens is 2. The molecule has 2 aromatic carbocycles. The summed E-state index contributed by atoms with van der Waals surface area (Å²) < 4.78 is 0. The van der Waals surface area contributed by atoms with Gasteiger partial charge >= 0.3 is 0 Å². The Balaban J connectivity index is 2.21. The summed E-state index contributed by atoms with van der Waals surface area (Å²) in [6, 6.07) is 10.8. The van der Waals surface area contributed by atoms with Crippen LogP contribution in [0.2, 0.25) is 0 Å². The molecule has 0 unspecified atom stereocenters. The smallest absolute Gasteiger partial charge is 0.253 e. The third kappa shape index (κ3) is 3.90. The zero-order chi connectivity index (χ0) is 19.6. The van der Waals surface area contributed by atoms with Gasteiger partial charge in [-0.05, 0) is 29.8 Å². The first-order chi connectivity index (χ1) is 12.8. The molecule has 0 aliphatic rings. The van der Waals surface area contributed by atoms with Crippen LogP contribution in [0.4, 0.5) is 5.95 Å². The Morgan fingerprint density at radius 2 is 1.63 bits per heavy atom. The number of rotatable bonds is 3. The maximum atomic E-state index is 10.3. The van der Waals surface area contributed by atoms with Crippen LogP contribution in [0.5, 0.6) is 17.2 Å². The Kier molecular flexibility index (Phi) is 4.80. The lowest BCUT2D eigenvalue weighted by molar-refractivity contribution is 0.451. The van der Waals surface area contributed by atoms with E-state index >= 15 is 0 Å². The van der Waals surface area contributed by atoms with E-state index in [9.17, 15) is 15.3 Å². The van der Waals surface area contributed by atoms with Crippen LogP contribution in [0, 0.1) is 0 Å². The number of guanidine groups is 1. The van der Waals surface area contributed by atoms with E-state index in [-0.39, 0.29) is 29.2 Å². The van der Waals surface area contributed by atoms with E-state index in [2.05, 4.69) is 15.0 Å². The first-order valence-corrected chi connectivity index (χ1v) is 8.05. The maximum absolute atomic E-state index is 10.3. The minimum Gasteiger partial charge on any atom is -0.508 e. The molecule has 0 amide bonds. The van der Waals surface area contributed by atoms with Gasteiger partial charge in [-0.15, -0.1) is 0 Å². The second-order valence-corrected chi connectivity index (χ2v) is 6.05. The number of hydrogen-bond donors (Lipinski definition) is 4. The van der Waals surface area contributed by atoms with E-state index in [0.29, 0.717) is 16.8 Å². The van der Waals surface area contributed by atoms with Crippen LogP contribution in [-0.4, -0.2) is 50.2 Å². The SMILES string of the molecule is CN(C)/C(N)=N\c1ncc(-c2ccc(O)cc2)c(-c2ccc(O)cc2O)n1. The van der Waals surface area contributed by atoms with Crippen molar-refractivity contribution in [2.45, 2.75) is 0 Å². The predicted molar refractivity (Wildman–Crippen MR) is 103 cm³/mol.